The van der Waals surface area contributed by atoms with Crippen molar-refractivity contribution in [1.29, 1.82) is 0 Å². The number of rotatable bonds is 3. The molecule has 0 bridgehead atoms. The van der Waals surface area contributed by atoms with Gasteiger partial charge in [0.25, 0.3) is 5.69 Å². The maximum absolute atomic E-state index is 10.8. The third kappa shape index (κ3) is 3.16. The fourth-order valence-electron chi connectivity index (χ4n) is 2.15. The molecule has 1 aromatic rings. The van der Waals surface area contributed by atoms with Gasteiger partial charge in [-0.25, -0.2) is 0 Å². The molecule has 1 saturated carbocycles. The lowest BCUT2D eigenvalue weighted by atomic mass is 10.2. The van der Waals surface area contributed by atoms with E-state index in [2.05, 4.69) is 10.6 Å². The monoisotopic (exact) mass is 265 g/mol. The third-order valence-corrected chi connectivity index (χ3v) is 3.26. The summed E-state index contributed by atoms with van der Waals surface area (Å²) in [6.07, 6.45) is 4.65. The molecule has 1 aliphatic rings. The molecule has 0 aromatic heterocycles. The van der Waals surface area contributed by atoms with Crippen LogP contribution in [0.25, 0.3) is 0 Å². The maximum Gasteiger partial charge on any atom is 0.292 e. The number of nitro groups is 1. The smallest absolute Gasteiger partial charge is 0.292 e. The molecule has 0 atom stereocenters. The molecule has 2 rings (SSSR count). The minimum atomic E-state index is -0.416. The summed E-state index contributed by atoms with van der Waals surface area (Å²) >= 11 is 5.17. The Morgan fingerprint density at radius 2 is 2.00 bits per heavy atom. The van der Waals surface area contributed by atoms with E-state index in [1.807, 2.05) is 0 Å². The second-order valence-corrected chi connectivity index (χ2v) is 4.76. The van der Waals surface area contributed by atoms with Crippen LogP contribution < -0.4 is 10.6 Å². The molecule has 6 heteroatoms. The quantitative estimate of drug-likeness (QED) is 0.500. The molecule has 18 heavy (non-hydrogen) atoms. The van der Waals surface area contributed by atoms with E-state index in [0.29, 0.717) is 16.8 Å². The number of hydrogen-bond donors (Lipinski definition) is 2. The molecule has 2 N–H and O–H groups in total. The van der Waals surface area contributed by atoms with Crippen LogP contribution in [0, 0.1) is 10.1 Å². The zero-order valence-corrected chi connectivity index (χ0v) is 10.7. The first-order valence-electron chi connectivity index (χ1n) is 5.98. The Balaban J connectivity index is 2.00. The Morgan fingerprint density at radius 3 is 2.67 bits per heavy atom. The molecule has 0 aliphatic heterocycles. The Bertz CT molecular complexity index is 458. The molecule has 96 valence electrons. The van der Waals surface area contributed by atoms with Crippen molar-refractivity contribution >= 4 is 28.7 Å². The highest BCUT2D eigenvalue weighted by Crippen LogP contribution is 2.23. The fourth-order valence-corrected chi connectivity index (χ4v) is 2.43. The summed E-state index contributed by atoms with van der Waals surface area (Å²) in [5.74, 6) is 0. The Morgan fingerprint density at radius 1 is 1.33 bits per heavy atom. The number of anilines is 1. The first-order chi connectivity index (χ1) is 8.66. The third-order valence-electron chi connectivity index (χ3n) is 3.04. The minimum Gasteiger partial charge on any atom is -0.360 e. The average molecular weight is 265 g/mol. The number of para-hydroxylation sites is 2. The van der Waals surface area contributed by atoms with Gasteiger partial charge in [-0.05, 0) is 31.1 Å². The van der Waals surface area contributed by atoms with Gasteiger partial charge in [-0.15, -0.1) is 0 Å². The van der Waals surface area contributed by atoms with Crippen LogP contribution in [0.4, 0.5) is 11.4 Å². The average Bonchev–Trinajstić information content (AvgIpc) is 2.82. The van der Waals surface area contributed by atoms with Gasteiger partial charge >= 0.3 is 0 Å². The van der Waals surface area contributed by atoms with Crippen molar-refractivity contribution < 1.29 is 4.92 Å². The number of nitro benzene ring substituents is 1. The van der Waals surface area contributed by atoms with E-state index in [1.54, 1.807) is 18.2 Å². The lowest BCUT2D eigenvalue weighted by Gasteiger charge is -2.15. The number of hydrogen-bond acceptors (Lipinski definition) is 3. The molecule has 1 aromatic carbocycles. The molecule has 1 aliphatic carbocycles. The number of benzene rings is 1. The lowest BCUT2D eigenvalue weighted by Crippen LogP contribution is -2.36. The van der Waals surface area contributed by atoms with Gasteiger partial charge in [0.15, 0.2) is 5.11 Å². The zero-order chi connectivity index (χ0) is 13.0. The van der Waals surface area contributed by atoms with Gasteiger partial charge in [0.05, 0.1) is 4.92 Å². The lowest BCUT2D eigenvalue weighted by molar-refractivity contribution is -0.383. The largest absolute Gasteiger partial charge is 0.360 e. The first kappa shape index (κ1) is 12.8. The fraction of sp³-hybridized carbons (Fsp3) is 0.417. The second-order valence-electron chi connectivity index (χ2n) is 4.35. The van der Waals surface area contributed by atoms with Crippen LogP contribution in [-0.2, 0) is 0 Å². The number of nitrogens with zero attached hydrogens (tertiary/aromatic N) is 1. The van der Waals surface area contributed by atoms with Crippen LogP contribution >= 0.6 is 12.2 Å². The zero-order valence-electron chi connectivity index (χ0n) is 9.89. The highest BCUT2D eigenvalue weighted by Gasteiger charge is 2.17. The van der Waals surface area contributed by atoms with Crippen molar-refractivity contribution in [2.75, 3.05) is 5.32 Å². The summed E-state index contributed by atoms with van der Waals surface area (Å²) in [6, 6.07) is 6.89. The summed E-state index contributed by atoms with van der Waals surface area (Å²) in [4.78, 5) is 10.4. The molecule has 0 heterocycles. The number of nitrogens with one attached hydrogen (secondary N) is 2. The molecule has 0 saturated heterocycles. The van der Waals surface area contributed by atoms with Crippen LogP contribution in [0.2, 0.25) is 0 Å². The van der Waals surface area contributed by atoms with E-state index < -0.39 is 4.92 Å². The van der Waals surface area contributed by atoms with E-state index in [1.165, 1.54) is 18.9 Å². The standard InChI is InChI=1S/C12H15N3O2S/c16-15(17)11-8-4-3-7-10(11)14-12(18)13-9-5-1-2-6-9/h3-4,7-9H,1-2,5-6H2,(H2,13,14,18). The Kier molecular flexibility index (Phi) is 4.09. The van der Waals surface area contributed by atoms with E-state index in [9.17, 15) is 10.1 Å². The van der Waals surface area contributed by atoms with Gasteiger partial charge in [0.2, 0.25) is 0 Å². The predicted molar refractivity (Wildman–Crippen MR) is 74.7 cm³/mol. The predicted octanol–water partition coefficient (Wildman–Crippen LogP) is 2.82. The topological polar surface area (TPSA) is 67.2 Å². The molecular weight excluding hydrogens is 250 g/mol. The summed E-state index contributed by atoms with van der Waals surface area (Å²) in [6.45, 7) is 0. The second kappa shape index (κ2) is 5.77. The molecule has 0 radical (unpaired) electrons. The van der Waals surface area contributed by atoms with E-state index in [4.69, 9.17) is 12.2 Å². The van der Waals surface area contributed by atoms with Crippen LogP contribution in [0.5, 0.6) is 0 Å². The van der Waals surface area contributed by atoms with Gasteiger partial charge < -0.3 is 10.6 Å². The van der Waals surface area contributed by atoms with Crippen molar-refractivity contribution in [2.24, 2.45) is 0 Å². The maximum atomic E-state index is 10.8. The highest BCUT2D eigenvalue weighted by molar-refractivity contribution is 7.80. The van der Waals surface area contributed by atoms with Crippen molar-refractivity contribution in [3.8, 4) is 0 Å². The van der Waals surface area contributed by atoms with Crippen molar-refractivity contribution in [3.63, 3.8) is 0 Å². The minimum absolute atomic E-state index is 0.0353. The summed E-state index contributed by atoms with van der Waals surface area (Å²) in [5, 5.41) is 17.4. The first-order valence-corrected chi connectivity index (χ1v) is 6.38. The molecule has 0 spiro atoms. The van der Waals surface area contributed by atoms with Crippen LogP contribution in [0.1, 0.15) is 25.7 Å². The number of thiocarbonyl (C=S) groups is 1. The van der Waals surface area contributed by atoms with Gasteiger partial charge in [-0.1, -0.05) is 25.0 Å². The van der Waals surface area contributed by atoms with Crippen LogP contribution in [0.15, 0.2) is 24.3 Å². The van der Waals surface area contributed by atoms with Crippen molar-refractivity contribution in [3.05, 3.63) is 34.4 Å². The van der Waals surface area contributed by atoms with E-state index in [-0.39, 0.29) is 5.69 Å². The Hall–Kier alpha value is -1.69. The summed E-state index contributed by atoms with van der Waals surface area (Å²) in [7, 11) is 0. The van der Waals surface area contributed by atoms with Crippen LogP contribution in [-0.4, -0.2) is 16.1 Å². The molecule has 0 amide bonds. The van der Waals surface area contributed by atoms with Crippen molar-refractivity contribution in [2.45, 2.75) is 31.7 Å². The van der Waals surface area contributed by atoms with Crippen LogP contribution in [0.3, 0.4) is 0 Å². The SMILES string of the molecule is O=[N+]([O-])c1ccccc1NC(=S)NC1CCCC1. The molecular formula is C12H15N3O2S. The molecule has 5 nitrogen and oxygen atoms in total. The van der Waals surface area contributed by atoms with Gasteiger partial charge in [-0.3, -0.25) is 10.1 Å². The van der Waals surface area contributed by atoms with E-state index >= 15 is 0 Å². The molecule has 0 unspecified atom stereocenters. The molecule has 1 fully saturated rings. The van der Waals surface area contributed by atoms with Gasteiger partial charge in [-0.2, -0.15) is 0 Å². The summed E-state index contributed by atoms with van der Waals surface area (Å²) < 4.78 is 0. The van der Waals surface area contributed by atoms with Crippen molar-refractivity contribution in [1.82, 2.24) is 5.32 Å². The highest BCUT2D eigenvalue weighted by atomic mass is 32.1. The normalized spacial score (nSPS) is 15.3. The summed E-state index contributed by atoms with van der Waals surface area (Å²) in [5.41, 5.74) is 0.464. The van der Waals surface area contributed by atoms with Gasteiger partial charge in [0.1, 0.15) is 5.69 Å². The van der Waals surface area contributed by atoms with E-state index in [0.717, 1.165) is 12.8 Å². The van der Waals surface area contributed by atoms with Gasteiger partial charge in [0, 0.05) is 12.1 Å². The Labute approximate surface area is 111 Å².